The summed E-state index contributed by atoms with van der Waals surface area (Å²) in [6, 6.07) is 36.2. The minimum Gasteiger partial charge on any atom is -0.463 e. The summed E-state index contributed by atoms with van der Waals surface area (Å²) >= 11 is 7.06. The summed E-state index contributed by atoms with van der Waals surface area (Å²) in [6.45, 7) is 4.18. The maximum Gasteiger partial charge on any atom is 0.338 e. The van der Waals surface area contributed by atoms with Gasteiger partial charge in [0.2, 0.25) is 0 Å². The fraction of sp³-hybridized carbons (Fsp3) is 0.209. The van der Waals surface area contributed by atoms with E-state index in [0.717, 1.165) is 36.8 Å². The Kier molecular flexibility index (Phi) is 12.8. The van der Waals surface area contributed by atoms with Crippen molar-refractivity contribution in [1.29, 1.82) is 0 Å². The third-order valence-electron chi connectivity index (χ3n) is 8.79. The third kappa shape index (κ3) is 9.26. The molecule has 250 valence electrons. The molecule has 0 N–H and O–H groups in total. The van der Waals surface area contributed by atoms with Crippen molar-refractivity contribution >= 4 is 62.0 Å². The molecule has 4 aromatic carbocycles. The lowest BCUT2D eigenvalue weighted by Gasteiger charge is -2.44. The molecule has 4 aromatic rings. The van der Waals surface area contributed by atoms with Crippen LogP contribution in [0.1, 0.15) is 61.3 Å². The maximum atomic E-state index is 14.2. The number of carbonyl (C=O) groups is 2. The summed E-state index contributed by atoms with van der Waals surface area (Å²) in [5, 5.41) is 0. The van der Waals surface area contributed by atoms with Crippen LogP contribution in [0, 0.1) is 5.41 Å². The Hall–Kier alpha value is -4.26. The van der Waals surface area contributed by atoms with E-state index in [1.54, 1.807) is 0 Å². The highest BCUT2D eigenvalue weighted by Gasteiger charge is 2.47. The van der Waals surface area contributed by atoms with Crippen LogP contribution in [-0.4, -0.2) is 25.2 Å². The van der Waals surface area contributed by atoms with Gasteiger partial charge in [0.15, 0.2) is 0 Å². The van der Waals surface area contributed by atoms with Crippen molar-refractivity contribution in [1.82, 2.24) is 0 Å². The highest BCUT2D eigenvalue weighted by molar-refractivity contribution is 9.10. The van der Waals surface area contributed by atoms with Gasteiger partial charge in [-0.05, 0) is 97.4 Å². The van der Waals surface area contributed by atoms with Crippen LogP contribution in [0.2, 0.25) is 0 Å². The molecule has 0 radical (unpaired) electrons. The summed E-state index contributed by atoms with van der Waals surface area (Å²) in [7, 11) is 0. The molecule has 1 aliphatic rings. The van der Waals surface area contributed by atoms with Crippen molar-refractivity contribution in [2.75, 3.05) is 13.2 Å². The van der Waals surface area contributed by atoms with Gasteiger partial charge in [-0.1, -0.05) is 135 Å². The number of hydrogen-bond donors (Lipinski definition) is 0. The van der Waals surface area contributed by atoms with Gasteiger partial charge in [0.1, 0.15) is 0 Å². The number of ether oxygens (including phenoxy) is 2. The van der Waals surface area contributed by atoms with E-state index >= 15 is 0 Å². The van der Waals surface area contributed by atoms with Crippen molar-refractivity contribution in [3.8, 4) is 0 Å². The zero-order valence-electron chi connectivity index (χ0n) is 27.8. The second-order valence-corrected chi connectivity index (χ2v) is 13.7. The largest absolute Gasteiger partial charge is 0.463 e. The van der Waals surface area contributed by atoms with E-state index in [9.17, 15) is 9.59 Å². The first kappa shape index (κ1) is 36.0. The summed E-state index contributed by atoms with van der Waals surface area (Å²) in [4.78, 5) is 27.8. The van der Waals surface area contributed by atoms with Crippen LogP contribution in [0.25, 0.3) is 18.2 Å². The zero-order valence-corrected chi connectivity index (χ0v) is 31.0. The molecule has 0 unspecified atom stereocenters. The van der Waals surface area contributed by atoms with E-state index in [4.69, 9.17) is 9.47 Å². The Balaban J connectivity index is 1.74. The summed E-state index contributed by atoms with van der Waals surface area (Å²) in [6.07, 6.45) is 12.1. The van der Waals surface area contributed by atoms with E-state index in [0.29, 0.717) is 30.4 Å². The zero-order chi connectivity index (χ0) is 34.6. The number of carbonyl (C=O) groups excluding carboxylic acids is 2. The highest BCUT2D eigenvalue weighted by atomic mass is 79.9. The monoisotopic (exact) mass is 778 g/mol. The topological polar surface area (TPSA) is 52.6 Å². The Morgan fingerprint density at radius 3 is 1.86 bits per heavy atom. The molecule has 0 bridgehead atoms. The number of hydrogen-bond acceptors (Lipinski definition) is 4. The normalized spacial score (nSPS) is 18.2. The lowest BCUT2D eigenvalue weighted by atomic mass is 9.58. The fourth-order valence-electron chi connectivity index (χ4n) is 6.43. The summed E-state index contributed by atoms with van der Waals surface area (Å²) in [5.74, 6) is -0.977. The quantitative estimate of drug-likeness (QED) is 0.106. The van der Waals surface area contributed by atoms with Crippen LogP contribution in [0.15, 0.2) is 147 Å². The SMILES string of the molecule is CCOC(=O)/C(=C\c1ccc(Br)cc1)C1=C[C@H](c2ccccc2)[C@@](C/C=C/c2ccccc2)(/C(=C/c2ccc(Br)cc2)C(=O)OCC)CC1. The minimum atomic E-state index is -0.702. The first-order chi connectivity index (χ1) is 23.8. The van der Waals surface area contributed by atoms with Crippen molar-refractivity contribution in [3.05, 3.63) is 169 Å². The number of esters is 2. The van der Waals surface area contributed by atoms with Crippen LogP contribution < -0.4 is 0 Å². The summed E-state index contributed by atoms with van der Waals surface area (Å²) < 4.78 is 13.3. The number of halogens is 2. The van der Waals surface area contributed by atoms with Gasteiger partial charge in [-0.3, -0.25) is 0 Å². The molecule has 0 saturated heterocycles. The Morgan fingerprint density at radius 1 is 0.714 bits per heavy atom. The van der Waals surface area contributed by atoms with Crippen LogP contribution in [0.5, 0.6) is 0 Å². The Labute approximate surface area is 306 Å². The first-order valence-electron chi connectivity index (χ1n) is 16.6. The number of benzene rings is 4. The lowest BCUT2D eigenvalue weighted by Crippen LogP contribution is -2.37. The molecule has 0 spiro atoms. The molecule has 0 aromatic heterocycles. The van der Waals surface area contributed by atoms with Gasteiger partial charge >= 0.3 is 11.9 Å². The molecule has 1 aliphatic carbocycles. The highest BCUT2D eigenvalue weighted by Crippen LogP contribution is 2.55. The van der Waals surface area contributed by atoms with Gasteiger partial charge in [0, 0.05) is 25.9 Å². The van der Waals surface area contributed by atoms with Gasteiger partial charge in [-0.2, -0.15) is 0 Å². The second-order valence-electron chi connectivity index (χ2n) is 11.9. The fourth-order valence-corrected chi connectivity index (χ4v) is 6.95. The average molecular weight is 781 g/mol. The molecular formula is C43H40Br2O4. The van der Waals surface area contributed by atoms with Crippen LogP contribution in [-0.2, 0) is 19.1 Å². The van der Waals surface area contributed by atoms with Crippen molar-refractivity contribution in [2.45, 2.75) is 39.0 Å². The van der Waals surface area contributed by atoms with Crippen LogP contribution >= 0.6 is 31.9 Å². The van der Waals surface area contributed by atoms with E-state index in [2.05, 4.69) is 74.4 Å². The molecular weight excluding hydrogens is 740 g/mol. The smallest absolute Gasteiger partial charge is 0.338 e. The minimum absolute atomic E-state index is 0.256. The van der Waals surface area contributed by atoms with Crippen molar-refractivity contribution in [3.63, 3.8) is 0 Å². The van der Waals surface area contributed by atoms with E-state index < -0.39 is 5.41 Å². The second kappa shape index (κ2) is 17.4. The molecule has 4 nitrogen and oxygen atoms in total. The third-order valence-corrected chi connectivity index (χ3v) is 9.85. The van der Waals surface area contributed by atoms with Crippen LogP contribution in [0.4, 0.5) is 0 Å². The Bertz CT molecular complexity index is 1840. The first-order valence-corrected chi connectivity index (χ1v) is 18.2. The Morgan fingerprint density at radius 2 is 1.27 bits per heavy atom. The standard InChI is InChI=1S/C43H40Br2O4/c1-3-48-41(46)38(28-32-17-21-36(44)22-18-32)35-25-27-43(26-11-14-31-12-7-5-8-13-31,39(30-35)34-15-9-6-10-16-34)40(42(47)49-4-2)29-33-19-23-37(45)24-20-33/h5-24,28-30,39H,3-4,25-27H2,1-2H3/b14-11+,38-28-,40-29+/t39-,43+/m1/s1. The van der Waals surface area contributed by atoms with Crippen molar-refractivity contribution < 1.29 is 19.1 Å². The molecule has 49 heavy (non-hydrogen) atoms. The van der Waals surface area contributed by atoms with Gasteiger partial charge in [0.05, 0.1) is 18.8 Å². The van der Waals surface area contributed by atoms with Crippen LogP contribution in [0.3, 0.4) is 0 Å². The van der Waals surface area contributed by atoms with E-state index in [-0.39, 0.29) is 31.1 Å². The van der Waals surface area contributed by atoms with Gasteiger partial charge in [0.25, 0.3) is 0 Å². The van der Waals surface area contributed by atoms with Gasteiger partial charge in [-0.15, -0.1) is 0 Å². The molecule has 5 rings (SSSR count). The molecule has 0 heterocycles. The average Bonchev–Trinajstić information content (AvgIpc) is 3.12. The molecule has 0 saturated carbocycles. The van der Waals surface area contributed by atoms with Crippen molar-refractivity contribution in [2.24, 2.45) is 5.41 Å². The molecule has 6 heteroatoms. The predicted molar refractivity (Wildman–Crippen MR) is 207 cm³/mol. The molecule has 0 amide bonds. The molecule has 0 aliphatic heterocycles. The summed E-state index contributed by atoms with van der Waals surface area (Å²) in [5.41, 5.74) is 5.25. The number of allylic oxidation sites excluding steroid dienone is 2. The lowest BCUT2D eigenvalue weighted by molar-refractivity contribution is -0.140. The number of rotatable bonds is 12. The van der Waals surface area contributed by atoms with Gasteiger partial charge in [-0.25, -0.2) is 9.59 Å². The van der Waals surface area contributed by atoms with E-state index in [1.807, 2.05) is 111 Å². The van der Waals surface area contributed by atoms with Gasteiger partial charge < -0.3 is 9.47 Å². The molecule has 2 atom stereocenters. The molecule has 0 fully saturated rings. The van der Waals surface area contributed by atoms with E-state index in [1.165, 1.54) is 0 Å². The maximum absolute atomic E-state index is 14.2. The predicted octanol–water partition coefficient (Wildman–Crippen LogP) is 11.4.